The standard InChI is InChI=1S/C17H26O3/c1-14(2)9-10-16(18)13-15(3)7-6-12-20-17-8-4-5-11-19-17/h7,16-18H,1,4-6,8,11-13H2,2-3H3. The van der Waals surface area contributed by atoms with Gasteiger partial charge in [0.05, 0.1) is 6.61 Å². The smallest absolute Gasteiger partial charge is 0.157 e. The predicted octanol–water partition coefficient (Wildman–Crippen LogP) is 3.20. The summed E-state index contributed by atoms with van der Waals surface area (Å²) in [6, 6.07) is 0. The second kappa shape index (κ2) is 9.77. The molecule has 3 heteroatoms. The lowest BCUT2D eigenvalue weighted by Gasteiger charge is -2.22. The molecule has 0 aromatic rings. The maximum Gasteiger partial charge on any atom is 0.157 e. The Morgan fingerprint density at radius 3 is 2.95 bits per heavy atom. The van der Waals surface area contributed by atoms with Crippen LogP contribution in [0.25, 0.3) is 0 Å². The number of hydrogen-bond acceptors (Lipinski definition) is 3. The van der Waals surface area contributed by atoms with Gasteiger partial charge in [-0.3, -0.25) is 0 Å². The topological polar surface area (TPSA) is 38.7 Å². The highest BCUT2D eigenvalue weighted by Crippen LogP contribution is 2.14. The molecule has 1 saturated heterocycles. The monoisotopic (exact) mass is 278 g/mol. The molecule has 1 N–H and O–H groups in total. The summed E-state index contributed by atoms with van der Waals surface area (Å²) in [7, 11) is 0. The van der Waals surface area contributed by atoms with E-state index >= 15 is 0 Å². The lowest BCUT2D eigenvalue weighted by Crippen LogP contribution is -2.22. The van der Waals surface area contributed by atoms with Gasteiger partial charge >= 0.3 is 0 Å². The van der Waals surface area contributed by atoms with Crippen molar-refractivity contribution in [3.8, 4) is 11.8 Å². The van der Waals surface area contributed by atoms with E-state index in [0.717, 1.165) is 37.0 Å². The summed E-state index contributed by atoms with van der Waals surface area (Å²) in [4.78, 5) is 0. The third kappa shape index (κ3) is 8.16. The fourth-order valence-corrected chi connectivity index (χ4v) is 1.99. The molecule has 112 valence electrons. The minimum absolute atomic E-state index is 0.0236. The first-order chi connectivity index (χ1) is 9.58. The Hall–Kier alpha value is -1.08. The van der Waals surface area contributed by atoms with Gasteiger partial charge in [0.1, 0.15) is 6.10 Å². The zero-order chi connectivity index (χ0) is 14.8. The summed E-state index contributed by atoms with van der Waals surface area (Å²) in [5, 5.41) is 9.72. The molecule has 1 fully saturated rings. The molecule has 0 aromatic carbocycles. The molecule has 0 aromatic heterocycles. The SMILES string of the molecule is C=C(C)C#CC(O)CC(C)=CCCOC1CCCCO1. The van der Waals surface area contributed by atoms with Gasteiger partial charge in [0.25, 0.3) is 0 Å². The number of ether oxygens (including phenoxy) is 2. The lowest BCUT2D eigenvalue weighted by molar-refractivity contribution is -0.161. The van der Waals surface area contributed by atoms with Crippen LogP contribution in [0.2, 0.25) is 0 Å². The highest BCUT2D eigenvalue weighted by Gasteiger charge is 2.13. The van der Waals surface area contributed by atoms with Crippen LogP contribution in [0.4, 0.5) is 0 Å². The van der Waals surface area contributed by atoms with Crippen LogP contribution in [0.1, 0.15) is 46.0 Å². The maximum absolute atomic E-state index is 9.72. The van der Waals surface area contributed by atoms with E-state index in [-0.39, 0.29) is 6.29 Å². The molecular formula is C17H26O3. The summed E-state index contributed by atoms with van der Waals surface area (Å²) < 4.78 is 11.1. The number of allylic oxidation sites excluding steroid dienone is 1. The van der Waals surface area contributed by atoms with Crippen LogP contribution in [0.3, 0.4) is 0 Å². The van der Waals surface area contributed by atoms with Gasteiger partial charge in [0.15, 0.2) is 6.29 Å². The summed E-state index contributed by atoms with van der Waals surface area (Å²) in [6.45, 7) is 8.99. The average molecular weight is 278 g/mol. The number of aliphatic hydroxyl groups is 1. The number of aliphatic hydroxyl groups excluding tert-OH is 1. The Labute approximate surface area is 122 Å². The molecule has 0 spiro atoms. The highest BCUT2D eigenvalue weighted by molar-refractivity contribution is 5.25. The summed E-state index contributed by atoms with van der Waals surface area (Å²) in [5.74, 6) is 5.57. The number of hydrogen-bond donors (Lipinski definition) is 1. The van der Waals surface area contributed by atoms with Gasteiger partial charge in [0, 0.05) is 13.0 Å². The van der Waals surface area contributed by atoms with E-state index in [1.165, 1.54) is 6.42 Å². The van der Waals surface area contributed by atoms with Crippen LogP contribution in [-0.4, -0.2) is 30.7 Å². The van der Waals surface area contributed by atoms with Crippen molar-refractivity contribution in [3.63, 3.8) is 0 Å². The van der Waals surface area contributed by atoms with Gasteiger partial charge in [-0.15, -0.1) is 0 Å². The molecule has 20 heavy (non-hydrogen) atoms. The van der Waals surface area contributed by atoms with Gasteiger partial charge in [-0.2, -0.15) is 0 Å². The van der Waals surface area contributed by atoms with Crippen molar-refractivity contribution in [2.75, 3.05) is 13.2 Å². The van der Waals surface area contributed by atoms with Crippen molar-refractivity contribution in [1.82, 2.24) is 0 Å². The largest absolute Gasteiger partial charge is 0.380 e. The van der Waals surface area contributed by atoms with Crippen molar-refractivity contribution < 1.29 is 14.6 Å². The molecule has 2 unspecified atom stereocenters. The first kappa shape index (κ1) is 17.0. The molecule has 1 aliphatic heterocycles. The van der Waals surface area contributed by atoms with Gasteiger partial charge in [-0.05, 0) is 45.1 Å². The molecule has 1 aliphatic rings. The Balaban J connectivity index is 2.17. The van der Waals surface area contributed by atoms with Crippen LogP contribution in [0.5, 0.6) is 0 Å². The number of rotatable bonds is 6. The van der Waals surface area contributed by atoms with Crippen LogP contribution in [-0.2, 0) is 9.47 Å². The molecule has 1 rings (SSSR count). The first-order valence-corrected chi connectivity index (χ1v) is 7.32. The second-order valence-electron chi connectivity index (χ2n) is 5.28. The van der Waals surface area contributed by atoms with Crippen molar-refractivity contribution in [2.24, 2.45) is 0 Å². The van der Waals surface area contributed by atoms with Gasteiger partial charge in [-0.1, -0.05) is 30.1 Å². The molecule has 0 aliphatic carbocycles. The second-order valence-corrected chi connectivity index (χ2v) is 5.28. The van der Waals surface area contributed by atoms with Gasteiger partial charge in [-0.25, -0.2) is 0 Å². The Bertz CT molecular complexity index is 381. The van der Waals surface area contributed by atoms with E-state index in [2.05, 4.69) is 24.5 Å². The summed E-state index contributed by atoms with van der Waals surface area (Å²) >= 11 is 0. The molecule has 1 heterocycles. The molecule has 0 radical (unpaired) electrons. The zero-order valence-electron chi connectivity index (χ0n) is 12.7. The third-order valence-corrected chi connectivity index (χ3v) is 3.02. The van der Waals surface area contributed by atoms with Gasteiger partial charge < -0.3 is 14.6 Å². The summed E-state index contributed by atoms with van der Waals surface area (Å²) in [5.41, 5.74) is 1.90. The molecule has 3 nitrogen and oxygen atoms in total. The predicted molar refractivity (Wildman–Crippen MR) is 81.1 cm³/mol. The van der Waals surface area contributed by atoms with Crippen molar-refractivity contribution >= 4 is 0 Å². The summed E-state index contributed by atoms with van der Waals surface area (Å²) in [6.07, 6.45) is 6.18. The fraction of sp³-hybridized carbons (Fsp3) is 0.647. The minimum Gasteiger partial charge on any atom is -0.380 e. The van der Waals surface area contributed by atoms with E-state index in [9.17, 15) is 5.11 Å². The van der Waals surface area contributed by atoms with Crippen molar-refractivity contribution in [3.05, 3.63) is 23.8 Å². The Morgan fingerprint density at radius 1 is 1.50 bits per heavy atom. The minimum atomic E-state index is -0.620. The zero-order valence-corrected chi connectivity index (χ0v) is 12.7. The highest BCUT2D eigenvalue weighted by atomic mass is 16.7. The molecule has 0 saturated carbocycles. The van der Waals surface area contributed by atoms with Gasteiger partial charge in [0.2, 0.25) is 0 Å². The van der Waals surface area contributed by atoms with E-state index in [1.807, 2.05) is 13.8 Å². The quantitative estimate of drug-likeness (QED) is 0.461. The maximum atomic E-state index is 9.72. The van der Waals surface area contributed by atoms with E-state index < -0.39 is 6.10 Å². The Kier molecular flexibility index (Phi) is 8.29. The van der Waals surface area contributed by atoms with Crippen LogP contribution < -0.4 is 0 Å². The lowest BCUT2D eigenvalue weighted by atomic mass is 10.1. The first-order valence-electron chi connectivity index (χ1n) is 7.32. The molecular weight excluding hydrogens is 252 g/mol. The van der Waals surface area contributed by atoms with Crippen LogP contribution in [0.15, 0.2) is 23.8 Å². The Morgan fingerprint density at radius 2 is 2.30 bits per heavy atom. The van der Waals surface area contributed by atoms with Crippen LogP contribution in [0, 0.1) is 11.8 Å². The molecule has 2 atom stereocenters. The van der Waals surface area contributed by atoms with E-state index in [1.54, 1.807) is 0 Å². The molecule has 0 amide bonds. The van der Waals surface area contributed by atoms with Crippen molar-refractivity contribution in [1.29, 1.82) is 0 Å². The normalized spacial score (nSPS) is 20.9. The van der Waals surface area contributed by atoms with Crippen LogP contribution >= 0.6 is 0 Å². The third-order valence-electron chi connectivity index (χ3n) is 3.02. The fourth-order valence-electron chi connectivity index (χ4n) is 1.99. The molecule has 0 bridgehead atoms. The van der Waals surface area contributed by atoms with E-state index in [4.69, 9.17) is 9.47 Å². The van der Waals surface area contributed by atoms with E-state index in [0.29, 0.717) is 13.0 Å². The average Bonchev–Trinajstić information content (AvgIpc) is 2.42. The van der Waals surface area contributed by atoms with Crippen molar-refractivity contribution in [2.45, 2.75) is 58.3 Å².